The Morgan fingerprint density at radius 1 is 1.03 bits per heavy atom. The van der Waals surface area contributed by atoms with Crippen LogP contribution in [-0.4, -0.2) is 25.6 Å². The fraction of sp³-hybridized carbons (Fsp3) is 0.111. The van der Waals surface area contributed by atoms with E-state index in [9.17, 15) is 26.4 Å². The predicted molar refractivity (Wildman–Crippen MR) is 102 cm³/mol. The molecule has 0 radical (unpaired) electrons. The number of alkyl halides is 3. The van der Waals surface area contributed by atoms with Crippen molar-refractivity contribution in [3.05, 3.63) is 66.4 Å². The second-order valence-electron chi connectivity index (χ2n) is 6.47. The molecule has 2 heterocycles. The zero-order chi connectivity index (χ0) is 21.6. The molecule has 2 aromatic carbocycles. The van der Waals surface area contributed by atoms with E-state index in [0.29, 0.717) is 5.52 Å². The number of nitrogens with zero attached hydrogens (tertiary/aromatic N) is 1. The van der Waals surface area contributed by atoms with Gasteiger partial charge in [-0.15, -0.1) is 0 Å². The highest BCUT2D eigenvalue weighted by molar-refractivity contribution is 7.90. The lowest BCUT2D eigenvalue weighted by atomic mass is 10.0. The molecule has 3 aromatic rings. The normalized spacial score (nSPS) is 15.6. The van der Waals surface area contributed by atoms with E-state index in [1.165, 1.54) is 6.20 Å². The van der Waals surface area contributed by atoms with Crippen molar-refractivity contribution in [3.8, 4) is 0 Å². The maximum Gasteiger partial charge on any atom is 0.426 e. The number of carbonyl (C=O) groups is 1. The van der Waals surface area contributed by atoms with Gasteiger partial charge in [-0.1, -0.05) is 30.3 Å². The van der Waals surface area contributed by atoms with Gasteiger partial charge in [-0.05, 0) is 29.8 Å². The molecule has 1 saturated heterocycles. The zero-order valence-corrected chi connectivity index (χ0v) is 15.8. The summed E-state index contributed by atoms with van der Waals surface area (Å²) in [7, 11) is -4.44. The van der Waals surface area contributed by atoms with E-state index in [1.54, 1.807) is 35.1 Å². The summed E-state index contributed by atoms with van der Waals surface area (Å²) < 4.78 is 66.6. The number of halogens is 3. The Morgan fingerprint density at radius 3 is 2.43 bits per heavy atom. The largest absolute Gasteiger partial charge is 0.426 e. The number of fused-ring (bicyclic) bond motifs is 1. The van der Waals surface area contributed by atoms with Crippen molar-refractivity contribution >= 4 is 32.6 Å². The molecule has 0 bridgehead atoms. The second kappa shape index (κ2) is 6.93. The molecule has 0 spiro atoms. The lowest BCUT2D eigenvalue weighted by Gasteiger charge is -2.17. The Hall–Kier alpha value is -3.22. The van der Waals surface area contributed by atoms with Gasteiger partial charge in [0.1, 0.15) is 0 Å². The molecule has 12 heteroatoms. The van der Waals surface area contributed by atoms with Gasteiger partial charge in [0.05, 0.1) is 16.1 Å². The van der Waals surface area contributed by atoms with Gasteiger partial charge in [-0.2, -0.15) is 13.2 Å². The van der Waals surface area contributed by atoms with Crippen LogP contribution in [-0.2, 0) is 15.7 Å². The summed E-state index contributed by atoms with van der Waals surface area (Å²) in [5, 5.41) is 3.13. The standard InChI is InChI=1S/C18H14F3N5O3S/c19-18(20,21)17(25-26-17)12-6-2-7-13(10-12)30(28,29)24-16(27)23-14-8-1-4-11-5-3-9-22-15(11)14/h1-10,25-26H,(H2,23,24,27). The minimum Gasteiger partial charge on any atom is -0.305 e. The van der Waals surface area contributed by atoms with E-state index in [2.05, 4.69) is 10.3 Å². The number of nitrogens with one attached hydrogen (secondary N) is 4. The van der Waals surface area contributed by atoms with Crippen LogP contribution in [0.2, 0.25) is 0 Å². The van der Waals surface area contributed by atoms with Crippen molar-refractivity contribution in [2.24, 2.45) is 0 Å². The minimum atomic E-state index is -4.69. The number of anilines is 1. The highest BCUT2D eigenvalue weighted by Crippen LogP contribution is 2.42. The van der Waals surface area contributed by atoms with E-state index < -0.39 is 32.8 Å². The first-order chi connectivity index (χ1) is 14.1. The highest BCUT2D eigenvalue weighted by Gasteiger charge is 2.65. The molecule has 8 nitrogen and oxygen atoms in total. The fourth-order valence-corrected chi connectivity index (χ4v) is 3.90. The lowest BCUT2D eigenvalue weighted by molar-refractivity contribution is -0.165. The average Bonchev–Trinajstić information content (AvgIpc) is 3.50. The van der Waals surface area contributed by atoms with Crippen molar-refractivity contribution in [3.63, 3.8) is 0 Å². The molecule has 1 aromatic heterocycles. The molecular weight excluding hydrogens is 423 g/mol. The van der Waals surface area contributed by atoms with Crippen molar-refractivity contribution < 1.29 is 26.4 Å². The molecule has 30 heavy (non-hydrogen) atoms. The third-order valence-corrected chi connectivity index (χ3v) is 5.81. The SMILES string of the molecule is O=C(Nc1cccc2cccnc12)NS(=O)(=O)c1cccc(C2(C(F)(F)F)NN2)c1. The molecule has 1 aliphatic heterocycles. The van der Waals surface area contributed by atoms with Gasteiger partial charge in [0.2, 0.25) is 5.66 Å². The van der Waals surface area contributed by atoms with Crippen LogP contribution in [0.3, 0.4) is 0 Å². The Bertz CT molecular complexity index is 1240. The van der Waals surface area contributed by atoms with E-state index in [4.69, 9.17) is 0 Å². The number of para-hydroxylation sites is 1. The van der Waals surface area contributed by atoms with Gasteiger partial charge in [0, 0.05) is 11.6 Å². The summed E-state index contributed by atoms with van der Waals surface area (Å²) >= 11 is 0. The van der Waals surface area contributed by atoms with Gasteiger partial charge >= 0.3 is 12.2 Å². The quantitative estimate of drug-likeness (QED) is 0.464. The number of urea groups is 1. The Morgan fingerprint density at radius 2 is 1.73 bits per heavy atom. The van der Waals surface area contributed by atoms with E-state index in [-0.39, 0.29) is 11.3 Å². The number of hydrazine groups is 1. The maximum absolute atomic E-state index is 13.2. The van der Waals surface area contributed by atoms with Crippen LogP contribution in [0.1, 0.15) is 5.56 Å². The molecule has 4 rings (SSSR count). The first-order valence-corrected chi connectivity index (χ1v) is 10.00. The number of benzene rings is 2. The number of pyridine rings is 1. The Labute approximate surface area is 168 Å². The molecule has 1 aliphatic rings. The van der Waals surface area contributed by atoms with Crippen LogP contribution in [0.5, 0.6) is 0 Å². The van der Waals surface area contributed by atoms with Crippen LogP contribution in [0.4, 0.5) is 23.7 Å². The number of sulfonamides is 1. The lowest BCUT2D eigenvalue weighted by Crippen LogP contribution is -2.36. The molecule has 2 amide bonds. The van der Waals surface area contributed by atoms with Gasteiger partial charge < -0.3 is 5.32 Å². The fourth-order valence-electron chi connectivity index (χ4n) is 2.94. The van der Waals surface area contributed by atoms with Crippen LogP contribution >= 0.6 is 0 Å². The number of amides is 2. The van der Waals surface area contributed by atoms with Crippen LogP contribution < -0.4 is 20.9 Å². The molecule has 156 valence electrons. The zero-order valence-electron chi connectivity index (χ0n) is 15.0. The second-order valence-corrected chi connectivity index (χ2v) is 8.15. The molecule has 1 fully saturated rings. The van der Waals surface area contributed by atoms with Crippen molar-refractivity contribution in [2.75, 3.05) is 5.32 Å². The van der Waals surface area contributed by atoms with E-state index in [1.807, 2.05) is 10.9 Å². The monoisotopic (exact) mass is 437 g/mol. The average molecular weight is 437 g/mol. The smallest absolute Gasteiger partial charge is 0.305 e. The van der Waals surface area contributed by atoms with Crippen LogP contribution in [0.25, 0.3) is 10.9 Å². The number of hydrogen-bond donors (Lipinski definition) is 4. The van der Waals surface area contributed by atoms with Crippen LogP contribution in [0, 0.1) is 0 Å². The Balaban J connectivity index is 1.56. The molecule has 0 atom stereocenters. The predicted octanol–water partition coefficient (Wildman–Crippen LogP) is 2.57. The summed E-state index contributed by atoms with van der Waals surface area (Å²) in [6.45, 7) is 0. The molecule has 4 N–H and O–H groups in total. The van der Waals surface area contributed by atoms with E-state index in [0.717, 1.165) is 29.7 Å². The summed E-state index contributed by atoms with van der Waals surface area (Å²) in [4.78, 5) is 15.9. The third kappa shape index (κ3) is 3.56. The first kappa shape index (κ1) is 20.1. The summed E-state index contributed by atoms with van der Waals surface area (Å²) in [6, 6.07) is 11.6. The number of rotatable bonds is 4. The summed E-state index contributed by atoms with van der Waals surface area (Å²) in [5.41, 5.74) is 1.85. The van der Waals surface area contributed by atoms with Crippen molar-refractivity contribution in [2.45, 2.75) is 16.7 Å². The maximum atomic E-state index is 13.2. The number of carbonyl (C=O) groups excluding carboxylic acids is 1. The van der Waals surface area contributed by atoms with Crippen LogP contribution in [0.15, 0.2) is 65.7 Å². The van der Waals surface area contributed by atoms with Crippen molar-refractivity contribution in [1.82, 2.24) is 20.6 Å². The molecular formula is C18H14F3N5O3S. The first-order valence-electron chi connectivity index (χ1n) is 8.52. The Kier molecular flexibility index (Phi) is 4.64. The molecule has 0 aliphatic carbocycles. The highest BCUT2D eigenvalue weighted by atomic mass is 32.2. The van der Waals surface area contributed by atoms with Gasteiger partial charge in [0.25, 0.3) is 10.0 Å². The number of hydrogen-bond acceptors (Lipinski definition) is 6. The van der Waals surface area contributed by atoms with Gasteiger partial charge in [-0.25, -0.2) is 28.8 Å². The minimum absolute atomic E-state index is 0.275. The summed E-state index contributed by atoms with van der Waals surface area (Å²) in [6.07, 6.45) is -3.17. The van der Waals surface area contributed by atoms with Gasteiger partial charge in [0.15, 0.2) is 0 Å². The topological polar surface area (TPSA) is 132 Å². The molecule has 0 saturated carbocycles. The van der Waals surface area contributed by atoms with Crippen molar-refractivity contribution in [1.29, 1.82) is 0 Å². The molecule has 0 unspecified atom stereocenters. The summed E-state index contributed by atoms with van der Waals surface area (Å²) in [5.74, 6) is 0. The number of aromatic nitrogens is 1. The van der Waals surface area contributed by atoms with E-state index >= 15 is 0 Å². The van der Waals surface area contributed by atoms with Gasteiger partial charge in [-0.3, -0.25) is 4.98 Å². The third-order valence-electron chi connectivity index (χ3n) is 4.49.